The highest BCUT2D eigenvalue weighted by molar-refractivity contribution is 5.35. The lowest BCUT2D eigenvalue weighted by Gasteiger charge is -2.36. The number of benzene rings is 1. The third-order valence-corrected chi connectivity index (χ3v) is 4.68. The summed E-state index contributed by atoms with van der Waals surface area (Å²) in [5.74, 6) is 0. The van der Waals surface area contributed by atoms with E-state index in [2.05, 4.69) is 49.2 Å². The van der Waals surface area contributed by atoms with Crippen LogP contribution in [-0.4, -0.2) is 31.1 Å². The highest BCUT2D eigenvalue weighted by atomic mass is 15.2. The van der Waals surface area contributed by atoms with E-state index in [0.29, 0.717) is 6.04 Å². The molecule has 1 aromatic rings. The molecule has 1 atom stereocenters. The first-order valence-electron chi connectivity index (χ1n) is 8.25. The first-order valence-corrected chi connectivity index (χ1v) is 8.25. The molecule has 1 aliphatic heterocycles. The second-order valence-electron chi connectivity index (χ2n) is 6.09. The van der Waals surface area contributed by atoms with Gasteiger partial charge in [0.25, 0.3) is 0 Å². The molecule has 20 heavy (non-hydrogen) atoms. The molecule has 2 heteroatoms. The first kappa shape index (κ1) is 15.5. The highest BCUT2D eigenvalue weighted by Crippen LogP contribution is 2.30. The van der Waals surface area contributed by atoms with E-state index in [1.54, 1.807) is 5.56 Å². The van der Waals surface area contributed by atoms with E-state index in [1.165, 1.54) is 49.9 Å². The van der Waals surface area contributed by atoms with Crippen molar-refractivity contribution in [3.8, 4) is 0 Å². The quantitative estimate of drug-likeness (QED) is 0.793. The minimum atomic E-state index is 0.614. The Hall–Kier alpha value is -0.860. The number of piperazine rings is 1. The van der Waals surface area contributed by atoms with Crippen molar-refractivity contribution in [3.05, 3.63) is 34.9 Å². The van der Waals surface area contributed by atoms with Gasteiger partial charge in [-0.3, -0.25) is 4.90 Å². The van der Waals surface area contributed by atoms with Crippen LogP contribution in [0.5, 0.6) is 0 Å². The zero-order chi connectivity index (χ0) is 14.4. The predicted molar refractivity (Wildman–Crippen MR) is 87.2 cm³/mol. The van der Waals surface area contributed by atoms with Crippen LogP contribution in [0.3, 0.4) is 0 Å². The molecule has 1 N–H and O–H groups in total. The van der Waals surface area contributed by atoms with E-state index < -0.39 is 0 Å². The molecule has 1 aromatic carbocycles. The number of nitrogens with one attached hydrogen (secondary N) is 1. The zero-order valence-corrected chi connectivity index (χ0v) is 13.4. The SMILES string of the molecule is CCCCC[C@@H](c1cccc(C)c1C)N1CCNCC1. The molecule has 2 rings (SSSR count). The van der Waals surface area contributed by atoms with E-state index in [9.17, 15) is 0 Å². The van der Waals surface area contributed by atoms with Crippen LogP contribution in [0.4, 0.5) is 0 Å². The van der Waals surface area contributed by atoms with Crippen molar-refractivity contribution in [2.75, 3.05) is 26.2 Å². The van der Waals surface area contributed by atoms with E-state index in [-0.39, 0.29) is 0 Å². The highest BCUT2D eigenvalue weighted by Gasteiger charge is 2.23. The number of hydrogen-bond donors (Lipinski definition) is 1. The third-order valence-electron chi connectivity index (χ3n) is 4.68. The van der Waals surface area contributed by atoms with Crippen molar-refractivity contribution < 1.29 is 0 Å². The third kappa shape index (κ3) is 3.83. The number of rotatable bonds is 6. The molecule has 0 unspecified atom stereocenters. The molecular weight excluding hydrogens is 244 g/mol. The summed E-state index contributed by atoms with van der Waals surface area (Å²) in [5.41, 5.74) is 4.48. The van der Waals surface area contributed by atoms with Gasteiger partial charge in [-0.15, -0.1) is 0 Å². The van der Waals surface area contributed by atoms with Crippen LogP contribution in [0.1, 0.15) is 55.3 Å². The summed E-state index contributed by atoms with van der Waals surface area (Å²) in [4.78, 5) is 2.69. The predicted octanol–water partition coefficient (Wildman–Crippen LogP) is 3.83. The smallest absolute Gasteiger partial charge is 0.0351 e. The van der Waals surface area contributed by atoms with Crippen LogP contribution < -0.4 is 5.32 Å². The lowest BCUT2D eigenvalue weighted by atomic mass is 9.92. The summed E-state index contributed by atoms with van der Waals surface area (Å²) in [6.07, 6.45) is 5.31. The number of nitrogens with zero attached hydrogens (tertiary/aromatic N) is 1. The Balaban J connectivity index is 2.17. The molecular formula is C18H30N2. The molecule has 0 saturated carbocycles. The fourth-order valence-electron chi connectivity index (χ4n) is 3.25. The zero-order valence-electron chi connectivity index (χ0n) is 13.4. The molecule has 0 radical (unpaired) electrons. The fourth-order valence-corrected chi connectivity index (χ4v) is 3.25. The normalized spacial score (nSPS) is 18.1. The molecule has 1 aliphatic rings. The largest absolute Gasteiger partial charge is 0.314 e. The molecule has 1 heterocycles. The number of unbranched alkanes of at least 4 members (excludes halogenated alkanes) is 2. The van der Waals surface area contributed by atoms with E-state index >= 15 is 0 Å². The van der Waals surface area contributed by atoms with E-state index in [1.807, 2.05) is 0 Å². The Morgan fingerprint density at radius 3 is 2.60 bits per heavy atom. The summed E-state index contributed by atoms with van der Waals surface area (Å²) in [5, 5.41) is 3.47. The van der Waals surface area contributed by atoms with Crippen LogP contribution >= 0.6 is 0 Å². The Morgan fingerprint density at radius 2 is 1.90 bits per heavy atom. The van der Waals surface area contributed by atoms with Crippen LogP contribution in [0.2, 0.25) is 0 Å². The van der Waals surface area contributed by atoms with Gasteiger partial charge in [-0.2, -0.15) is 0 Å². The monoisotopic (exact) mass is 274 g/mol. The van der Waals surface area contributed by atoms with Gasteiger partial charge in [-0.05, 0) is 37.0 Å². The van der Waals surface area contributed by atoms with Gasteiger partial charge < -0.3 is 5.32 Å². The summed E-state index contributed by atoms with van der Waals surface area (Å²) < 4.78 is 0. The molecule has 112 valence electrons. The summed E-state index contributed by atoms with van der Waals surface area (Å²) in [6.45, 7) is 11.5. The minimum Gasteiger partial charge on any atom is -0.314 e. The van der Waals surface area contributed by atoms with Gasteiger partial charge in [0.2, 0.25) is 0 Å². The maximum Gasteiger partial charge on any atom is 0.0351 e. The lowest BCUT2D eigenvalue weighted by Crippen LogP contribution is -2.45. The average Bonchev–Trinajstić information content (AvgIpc) is 2.48. The Kier molecular flexibility index (Phi) is 6.06. The van der Waals surface area contributed by atoms with Crippen molar-refractivity contribution in [1.29, 1.82) is 0 Å². The molecule has 0 amide bonds. The number of aryl methyl sites for hydroxylation is 1. The van der Waals surface area contributed by atoms with Crippen LogP contribution in [0, 0.1) is 13.8 Å². The van der Waals surface area contributed by atoms with Gasteiger partial charge in [0, 0.05) is 32.2 Å². The van der Waals surface area contributed by atoms with Gasteiger partial charge >= 0.3 is 0 Å². The van der Waals surface area contributed by atoms with Gasteiger partial charge in [-0.25, -0.2) is 0 Å². The van der Waals surface area contributed by atoms with Gasteiger partial charge in [0.05, 0.1) is 0 Å². The van der Waals surface area contributed by atoms with Crippen LogP contribution in [0.25, 0.3) is 0 Å². The van der Waals surface area contributed by atoms with Crippen molar-refractivity contribution in [3.63, 3.8) is 0 Å². The topological polar surface area (TPSA) is 15.3 Å². The summed E-state index contributed by atoms with van der Waals surface area (Å²) in [7, 11) is 0. The van der Waals surface area contributed by atoms with Crippen LogP contribution in [-0.2, 0) is 0 Å². The van der Waals surface area contributed by atoms with Crippen molar-refractivity contribution in [2.24, 2.45) is 0 Å². The average molecular weight is 274 g/mol. The molecule has 0 spiro atoms. The van der Waals surface area contributed by atoms with Crippen molar-refractivity contribution in [1.82, 2.24) is 10.2 Å². The Labute approximate surface area is 124 Å². The fraction of sp³-hybridized carbons (Fsp3) is 0.667. The number of hydrogen-bond acceptors (Lipinski definition) is 2. The minimum absolute atomic E-state index is 0.614. The Bertz CT molecular complexity index is 408. The molecule has 2 nitrogen and oxygen atoms in total. The lowest BCUT2D eigenvalue weighted by molar-refractivity contribution is 0.162. The molecule has 0 aromatic heterocycles. The van der Waals surface area contributed by atoms with Gasteiger partial charge in [-0.1, -0.05) is 44.4 Å². The Morgan fingerprint density at radius 1 is 1.15 bits per heavy atom. The first-order chi connectivity index (χ1) is 9.74. The molecule has 0 aliphatic carbocycles. The standard InChI is InChI=1S/C18H30N2/c1-4-5-6-10-18(20-13-11-19-12-14-20)17-9-7-8-15(2)16(17)3/h7-9,18-19H,4-6,10-14H2,1-3H3/t18-/m0/s1. The van der Waals surface area contributed by atoms with Crippen LogP contribution in [0.15, 0.2) is 18.2 Å². The maximum atomic E-state index is 3.47. The van der Waals surface area contributed by atoms with E-state index in [4.69, 9.17) is 0 Å². The van der Waals surface area contributed by atoms with Gasteiger partial charge in [0.1, 0.15) is 0 Å². The molecule has 0 bridgehead atoms. The molecule has 1 fully saturated rings. The second-order valence-corrected chi connectivity index (χ2v) is 6.09. The van der Waals surface area contributed by atoms with E-state index in [0.717, 1.165) is 13.1 Å². The molecule has 1 saturated heterocycles. The van der Waals surface area contributed by atoms with Crippen molar-refractivity contribution >= 4 is 0 Å². The maximum absolute atomic E-state index is 3.47. The second kappa shape index (κ2) is 7.80. The van der Waals surface area contributed by atoms with Crippen molar-refractivity contribution in [2.45, 2.75) is 52.5 Å². The van der Waals surface area contributed by atoms with Gasteiger partial charge in [0.15, 0.2) is 0 Å². The summed E-state index contributed by atoms with van der Waals surface area (Å²) >= 11 is 0. The summed E-state index contributed by atoms with van der Waals surface area (Å²) in [6, 6.07) is 7.43.